The van der Waals surface area contributed by atoms with Crippen molar-refractivity contribution in [1.82, 2.24) is 0 Å². The Bertz CT molecular complexity index is 390. The number of Topliss-reactive ketones (excluding diaryl/α,β-unsaturated/α-hetero) is 1. The molecule has 0 amide bonds. The summed E-state index contributed by atoms with van der Waals surface area (Å²) in [7, 11) is 0. The summed E-state index contributed by atoms with van der Waals surface area (Å²) in [6.45, 7) is 4.14. The highest BCUT2D eigenvalue weighted by atomic mass is 79.9. The SMILES string of the molecule is CCCCC(CC)C(=O)c1ccc(F)c(Br)c1. The van der Waals surface area contributed by atoms with Gasteiger partial charge in [0.05, 0.1) is 4.47 Å². The molecule has 0 aliphatic heterocycles. The van der Waals surface area contributed by atoms with Gasteiger partial charge in [0.15, 0.2) is 5.78 Å². The van der Waals surface area contributed by atoms with Gasteiger partial charge in [0.1, 0.15) is 5.82 Å². The third-order valence-electron chi connectivity index (χ3n) is 2.97. The van der Waals surface area contributed by atoms with Gasteiger partial charge in [-0.3, -0.25) is 4.79 Å². The van der Waals surface area contributed by atoms with Gasteiger partial charge in [0, 0.05) is 11.5 Å². The predicted octanol–water partition coefficient (Wildman–Crippen LogP) is 4.99. The lowest BCUT2D eigenvalue weighted by Gasteiger charge is -2.13. The summed E-state index contributed by atoms with van der Waals surface area (Å²) in [6, 6.07) is 4.48. The van der Waals surface area contributed by atoms with Crippen LogP contribution in [-0.4, -0.2) is 5.78 Å². The van der Waals surface area contributed by atoms with Crippen LogP contribution in [0.4, 0.5) is 4.39 Å². The van der Waals surface area contributed by atoms with Crippen LogP contribution in [0.3, 0.4) is 0 Å². The highest BCUT2D eigenvalue weighted by Crippen LogP contribution is 2.22. The molecule has 1 unspecified atom stereocenters. The molecule has 0 aliphatic carbocycles. The van der Waals surface area contributed by atoms with Crippen molar-refractivity contribution < 1.29 is 9.18 Å². The monoisotopic (exact) mass is 300 g/mol. The van der Waals surface area contributed by atoms with Crippen LogP contribution in [0.25, 0.3) is 0 Å². The van der Waals surface area contributed by atoms with Crippen molar-refractivity contribution in [2.24, 2.45) is 5.92 Å². The summed E-state index contributed by atoms with van der Waals surface area (Å²) in [5.41, 5.74) is 0.598. The average molecular weight is 301 g/mol. The molecule has 1 rings (SSSR count). The molecule has 0 aromatic heterocycles. The quantitative estimate of drug-likeness (QED) is 0.677. The standard InChI is InChI=1S/C14H18BrFO/c1-3-5-6-10(4-2)14(17)11-7-8-13(16)12(15)9-11/h7-10H,3-6H2,1-2H3. The summed E-state index contributed by atoms with van der Waals surface area (Å²) in [5.74, 6) is -0.142. The zero-order chi connectivity index (χ0) is 12.8. The Balaban J connectivity index is 2.82. The molecule has 1 aromatic rings. The van der Waals surface area contributed by atoms with Gasteiger partial charge in [-0.15, -0.1) is 0 Å². The maximum Gasteiger partial charge on any atom is 0.165 e. The van der Waals surface area contributed by atoms with E-state index in [1.54, 1.807) is 12.1 Å². The highest BCUT2D eigenvalue weighted by Gasteiger charge is 2.18. The highest BCUT2D eigenvalue weighted by molar-refractivity contribution is 9.10. The minimum Gasteiger partial charge on any atom is -0.294 e. The number of halogens is 2. The summed E-state index contributed by atoms with van der Waals surface area (Å²) in [4.78, 5) is 12.2. The first kappa shape index (κ1) is 14.4. The average Bonchev–Trinajstić information content (AvgIpc) is 2.33. The third kappa shape index (κ3) is 3.91. The van der Waals surface area contributed by atoms with Gasteiger partial charge in [-0.2, -0.15) is 0 Å². The molecule has 0 heterocycles. The fourth-order valence-electron chi connectivity index (χ4n) is 1.86. The van der Waals surface area contributed by atoms with E-state index in [2.05, 4.69) is 22.9 Å². The predicted molar refractivity (Wildman–Crippen MR) is 71.7 cm³/mol. The van der Waals surface area contributed by atoms with Gasteiger partial charge in [-0.25, -0.2) is 4.39 Å². The lowest BCUT2D eigenvalue weighted by Crippen LogP contribution is -2.14. The number of hydrogen-bond acceptors (Lipinski definition) is 1. The maximum absolute atomic E-state index is 13.1. The largest absolute Gasteiger partial charge is 0.294 e. The van der Waals surface area contributed by atoms with Gasteiger partial charge in [-0.05, 0) is 47.0 Å². The van der Waals surface area contributed by atoms with E-state index in [0.29, 0.717) is 10.0 Å². The van der Waals surface area contributed by atoms with Crippen LogP contribution in [0.2, 0.25) is 0 Å². The fourth-order valence-corrected chi connectivity index (χ4v) is 2.24. The van der Waals surface area contributed by atoms with Crippen molar-refractivity contribution in [3.63, 3.8) is 0 Å². The minimum absolute atomic E-state index is 0.0623. The van der Waals surface area contributed by atoms with E-state index in [1.807, 2.05) is 6.92 Å². The number of rotatable bonds is 6. The molecule has 0 saturated heterocycles. The van der Waals surface area contributed by atoms with Crippen LogP contribution in [0.1, 0.15) is 49.9 Å². The summed E-state index contributed by atoms with van der Waals surface area (Å²) >= 11 is 3.11. The van der Waals surface area contributed by atoms with E-state index in [9.17, 15) is 9.18 Å². The molecule has 1 nitrogen and oxygen atoms in total. The first-order valence-corrected chi connectivity index (χ1v) is 6.88. The van der Waals surface area contributed by atoms with Crippen molar-refractivity contribution in [3.05, 3.63) is 34.1 Å². The Morgan fingerprint density at radius 1 is 1.41 bits per heavy atom. The minimum atomic E-state index is -0.330. The second-order valence-electron chi connectivity index (χ2n) is 4.24. The Kier molecular flexibility index (Phi) is 5.83. The van der Waals surface area contributed by atoms with E-state index in [-0.39, 0.29) is 17.5 Å². The number of carbonyl (C=O) groups excluding carboxylic acids is 1. The van der Waals surface area contributed by atoms with E-state index < -0.39 is 0 Å². The molecule has 0 N–H and O–H groups in total. The van der Waals surface area contributed by atoms with Crippen LogP contribution in [0.5, 0.6) is 0 Å². The van der Waals surface area contributed by atoms with Crippen LogP contribution < -0.4 is 0 Å². The summed E-state index contributed by atoms with van der Waals surface area (Å²) < 4.78 is 13.4. The fraction of sp³-hybridized carbons (Fsp3) is 0.500. The Labute approximate surface area is 111 Å². The Morgan fingerprint density at radius 3 is 2.65 bits per heavy atom. The molecular weight excluding hydrogens is 283 g/mol. The first-order chi connectivity index (χ1) is 8.10. The van der Waals surface area contributed by atoms with Crippen molar-refractivity contribution in [2.45, 2.75) is 39.5 Å². The third-order valence-corrected chi connectivity index (χ3v) is 3.58. The summed E-state index contributed by atoms with van der Waals surface area (Å²) in [5, 5.41) is 0. The number of carbonyl (C=O) groups is 1. The van der Waals surface area contributed by atoms with E-state index >= 15 is 0 Å². The number of ketones is 1. The number of benzene rings is 1. The van der Waals surface area contributed by atoms with Gasteiger partial charge >= 0.3 is 0 Å². The molecular formula is C14H18BrFO. The Morgan fingerprint density at radius 2 is 2.12 bits per heavy atom. The first-order valence-electron chi connectivity index (χ1n) is 6.09. The van der Waals surface area contributed by atoms with Crippen molar-refractivity contribution in [2.75, 3.05) is 0 Å². The Hall–Kier alpha value is -0.700. The lowest BCUT2D eigenvalue weighted by molar-refractivity contribution is 0.0908. The molecule has 0 saturated carbocycles. The van der Waals surface area contributed by atoms with Crippen LogP contribution in [-0.2, 0) is 0 Å². The van der Waals surface area contributed by atoms with Crippen molar-refractivity contribution in [3.8, 4) is 0 Å². The van der Waals surface area contributed by atoms with Crippen LogP contribution in [0, 0.1) is 11.7 Å². The van der Waals surface area contributed by atoms with Gasteiger partial charge in [-0.1, -0.05) is 26.7 Å². The van der Waals surface area contributed by atoms with Crippen LogP contribution in [0.15, 0.2) is 22.7 Å². The molecule has 1 atom stereocenters. The van der Waals surface area contributed by atoms with Gasteiger partial charge in [0.2, 0.25) is 0 Å². The molecule has 0 bridgehead atoms. The molecule has 0 radical (unpaired) electrons. The maximum atomic E-state index is 13.1. The van der Waals surface area contributed by atoms with E-state index in [1.165, 1.54) is 6.07 Å². The number of hydrogen-bond donors (Lipinski definition) is 0. The van der Waals surface area contributed by atoms with Gasteiger partial charge < -0.3 is 0 Å². The van der Waals surface area contributed by atoms with E-state index in [4.69, 9.17) is 0 Å². The number of unbranched alkanes of at least 4 members (excludes halogenated alkanes) is 1. The second-order valence-corrected chi connectivity index (χ2v) is 5.09. The van der Waals surface area contributed by atoms with Crippen molar-refractivity contribution >= 4 is 21.7 Å². The lowest BCUT2D eigenvalue weighted by atomic mass is 9.91. The normalized spacial score (nSPS) is 12.5. The molecule has 1 aromatic carbocycles. The molecule has 17 heavy (non-hydrogen) atoms. The molecule has 3 heteroatoms. The van der Waals surface area contributed by atoms with Crippen LogP contribution >= 0.6 is 15.9 Å². The molecule has 94 valence electrons. The van der Waals surface area contributed by atoms with Gasteiger partial charge in [0.25, 0.3) is 0 Å². The van der Waals surface area contributed by atoms with Crippen molar-refractivity contribution in [1.29, 1.82) is 0 Å². The zero-order valence-corrected chi connectivity index (χ0v) is 11.9. The smallest absolute Gasteiger partial charge is 0.165 e. The molecule has 0 aliphatic rings. The zero-order valence-electron chi connectivity index (χ0n) is 10.3. The van der Waals surface area contributed by atoms with E-state index in [0.717, 1.165) is 25.7 Å². The second kappa shape index (κ2) is 6.90. The topological polar surface area (TPSA) is 17.1 Å². The molecule has 0 spiro atoms. The summed E-state index contributed by atoms with van der Waals surface area (Å²) in [6.07, 6.45) is 3.91. The molecule has 0 fully saturated rings.